The van der Waals surface area contributed by atoms with E-state index in [0.29, 0.717) is 12.0 Å². The number of ether oxygens (including phenoxy) is 1. The van der Waals surface area contributed by atoms with Gasteiger partial charge in [-0.25, -0.2) is 4.79 Å². The predicted octanol–water partition coefficient (Wildman–Crippen LogP) is 1.61. The Morgan fingerprint density at radius 2 is 2.19 bits per heavy atom. The van der Waals surface area contributed by atoms with Crippen LogP contribution in [0.3, 0.4) is 0 Å². The fourth-order valence-corrected chi connectivity index (χ4v) is 1.54. The van der Waals surface area contributed by atoms with Gasteiger partial charge in [-0.15, -0.1) is 0 Å². The zero-order chi connectivity index (χ0) is 12.3. The lowest BCUT2D eigenvalue weighted by atomic mass is 9.91. The Morgan fingerprint density at radius 1 is 1.56 bits per heavy atom. The van der Waals surface area contributed by atoms with Crippen molar-refractivity contribution in [3.8, 4) is 6.07 Å². The van der Waals surface area contributed by atoms with Gasteiger partial charge < -0.3 is 9.64 Å². The first-order valence-electron chi connectivity index (χ1n) is 5.17. The highest BCUT2D eigenvalue weighted by Crippen LogP contribution is 2.35. The normalized spacial score (nSPS) is 24.8. The molecule has 0 aliphatic carbocycles. The van der Waals surface area contributed by atoms with E-state index in [2.05, 4.69) is 0 Å². The smallest absolute Gasteiger partial charge is 0.350 e. The molecule has 0 aromatic heterocycles. The summed E-state index contributed by atoms with van der Waals surface area (Å²) >= 11 is 0. The molecule has 16 heavy (non-hydrogen) atoms. The molecule has 0 saturated carbocycles. The Kier molecular flexibility index (Phi) is 3.38. The van der Waals surface area contributed by atoms with Crippen molar-refractivity contribution in [3.63, 3.8) is 0 Å². The van der Waals surface area contributed by atoms with E-state index in [1.807, 2.05) is 45.1 Å². The highest BCUT2D eigenvalue weighted by atomic mass is 16.6. The van der Waals surface area contributed by atoms with E-state index in [4.69, 9.17) is 10.00 Å². The van der Waals surface area contributed by atoms with Gasteiger partial charge in [0.05, 0.1) is 0 Å². The van der Waals surface area contributed by atoms with E-state index in [0.717, 1.165) is 0 Å². The van der Waals surface area contributed by atoms with E-state index < -0.39 is 11.6 Å². The molecule has 0 spiro atoms. The molecule has 1 aliphatic heterocycles. The van der Waals surface area contributed by atoms with Gasteiger partial charge in [0.1, 0.15) is 17.2 Å². The molecular formula is C12H16N2O2. The summed E-state index contributed by atoms with van der Waals surface area (Å²) in [6.07, 6.45) is 4.23. The molecule has 0 amide bonds. The molecule has 4 heteroatoms. The SMILES string of the molecule is CCC1(C)OC(=O)C(C#N)=C1/C=C/N(C)C. The number of nitriles is 1. The standard InChI is InChI=1S/C12H16N2O2/c1-5-12(2)10(6-7-14(3)4)9(8-13)11(15)16-12/h6-7H,5H2,1-4H3/b7-6+. The Bertz CT molecular complexity index is 402. The Hall–Kier alpha value is -1.76. The van der Waals surface area contributed by atoms with E-state index in [9.17, 15) is 4.79 Å². The van der Waals surface area contributed by atoms with E-state index in [-0.39, 0.29) is 5.57 Å². The van der Waals surface area contributed by atoms with Crippen LogP contribution in [0.15, 0.2) is 23.4 Å². The second-order valence-corrected chi connectivity index (χ2v) is 4.15. The average Bonchev–Trinajstić information content (AvgIpc) is 2.47. The molecule has 0 N–H and O–H groups in total. The van der Waals surface area contributed by atoms with Gasteiger partial charge in [0.15, 0.2) is 0 Å². The van der Waals surface area contributed by atoms with Gasteiger partial charge in [-0.2, -0.15) is 5.26 Å². The molecule has 4 nitrogen and oxygen atoms in total. The highest BCUT2D eigenvalue weighted by Gasteiger charge is 2.41. The Labute approximate surface area is 95.8 Å². The van der Waals surface area contributed by atoms with Crippen molar-refractivity contribution in [3.05, 3.63) is 23.4 Å². The van der Waals surface area contributed by atoms with Gasteiger partial charge >= 0.3 is 5.97 Å². The molecular weight excluding hydrogens is 204 g/mol. The topological polar surface area (TPSA) is 53.3 Å². The highest BCUT2D eigenvalue weighted by molar-refractivity contribution is 5.97. The zero-order valence-electron chi connectivity index (χ0n) is 10.1. The van der Waals surface area contributed by atoms with Crippen molar-refractivity contribution in [2.24, 2.45) is 0 Å². The van der Waals surface area contributed by atoms with E-state index >= 15 is 0 Å². The van der Waals surface area contributed by atoms with E-state index in [1.165, 1.54) is 0 Å². The van der Waals surface area contributed by atoms with Crippen molar-refractivity contribution in [1.82, 2.24) is 4.90 Å². The number of hydrogen-bond donors (Lipinski definition) is 0. The minimum Gasteiger partial charge on any atom is -0.450 e. The van der Waals surface area contributed by atoms with Gasteiger partial charge in [0, 0.05) is 19.7 Å². The minimum absolute atomic E-state index is 0.113. The van der Waals surface area contributed by atoms with Crippen LogP contribution in [0.2, 0.25) is 0 Å². The Morgan fingerprint density at radius 3 is 2.62 bits per heavy atom. The van der Waals surface area contributed by atoms with Crippen LogP contribution in [0.5, 0.6) is 0 Å². The quantitative estimate of drug-likeness (QED) is 0.678. The molecule has 0 aromatic carbocycles. The zero-order valence-corrected chi connectivity index (χ0v) is 10.1. The third-order valence-corrected chi connectivity index (χ3v) is 2.69. The Balaban J connectivity index is 3.19. The predicted molar refractivity (Wildman–Crippen MR) is 60.3 cm³/mol. The van der Waals surface area contributed by atoms with Crippen molar-refractivity contribution >= 4 is 5.97 Å². The average molecular weight is 220 g/mol. The summed E-state index contributed by atoms with van der Waals surface area (Å²) in [5, 5.41) is 8.94. The third kappa shape index (κ3) is 2.08. The second-order valence-electron chi connectivity index (χ2n) is 4.15. The molecule has 0 saturated heterocycles. The molecule has 1 aliphatic rings. The van der Waals surface area contributed by atoms with Crippen LogP contribution in [-0.4, -0.2) is 30.6 Å². The molecule has 1 unspecified atom stereocenters. The van der Waals surface area contributed by atoms with Crippen LogP contribution in [0.25, 0.3) is 0 Å². The summed E-state index contributed by atoms with van der Waals surface area (Å²) in [6.45, 7) is 3.75. The van der Waals surface area contributed by atoms with Crippen molar-refractivity contribution in [2.75, 3.05) is 14.1 Å². The van der Waals surface area contributed by atoms with Crippen LogP contribution in [0.4, 0.5) is 0 Å². The maximum Gasteiger partial charge on any atom is 0.350 e. The van der Waals surface area contributed by atoms with Crippen LogP contribution in [0, 0.1) is 11.3 Å². The van der Waals surface area contributed by atoms with Crippen LogP contribution in [0.1, 0.15) is 20.3 Å². The van der Waals surface area contributed by atoms with Gasteiger partial charge in [0.2, 0.25) is 0 Å². The maximum absolute atomic E-state index is 11.5. The third-order valence-electron chi connectivity index (χ3n) is 2.69. The largest absolute Gasteiger partial charge is 0.450 e. The molecule has 86 valence electrons. The number of nitrogens with zero attached hydrogens (tertiary/aromatic N) is 2. The van der Waals surface area contributed by atoms with Crippen molar-refractivity contribution in [2.45, 2.75) is 25.9 Å². The van der Waals surface area contributed by atoms with Crippen molar-refractivity contribution < 1.29 is 9.53 Å². The maximum atomic E-state index is 11.5. The van der Waals surface area contributed by atoms with Gasteiger partial charge in [-0.1, -0.05) is 6.92 Å². The summed E-state index contributed by atoms with van der Waals surface area (Å²) in [5.41, 5.74) is 0.105. The first kappa shape index (κ1) is 12.3. The number of cyclic esters (lactones) is 1. The lowest BCUT2D eigenvalue weighted by molar-refractivity contribution is -0.145. The summed E-state index contributed by atoms with van der Waals surface area (Å²) in [5.74, 6) is -0.523. The van der Waals surface area contributed by atoms with Crippen LogP contribution < -0.4 is 0 Å². The van der Waals surface area contributed by atoms with Gasteiger partial charge in [-0.3, -0.25) is 0 Å². The first-order chi connectivity index (χ1) is 7.44. The minimum atomic E-state index is -0.672. The molecule has 0 bridgehead atoms. The summed E-state index contributed by atoms with van der Waals surface area (Å²) < 4.78 is 5.24. The molecule has 0 fully saturated rings. The summed E-state index contributed by atoms with van der Waals surface area (Å²) in [6, 6.07) is 1.91. The molecule has 1 atom stereocenters. The molecule has 1 rings (SSSR count). The summed E-state index contributed by atoms with van der Waals surface area (Å²) in [7, 11) is 3.76. The van der Waals surface area contributed by atoms with Crippen LogP contribution >= 0.6 is 0 Å². The fraction of sp³-hybridized carbons (Fsp3) is 0.500. The lowest BCUT2D eigenvalue weighted by Gasteiger charge is -2.23. The monoisotopic (exact) mass is 220 g/mol. The van der Waals surface area contributed by atoms with Gasteiger partial charge in [0.25, 0.3) is 0 Å². The second kappa shape index (κ2) is 4.40. The molecule has 1 heterocycles. The van der Waals surface area contributed by atoms with Gasteiger partial charge in [-0.05, 0) is 25.6 Å². The summed E-state index contributed by atoms with van der Waals surface area (Å²) in [4.78, 5) is 13.3. The number of rotatable bonds is 3. The molecule has 0 aromatic rings. The fourth-order valence-electron chi connectivity index (χ4n) is 1.54. The number of carbonyl (C=O) groups is 1. The number of hydrogen-bond acceptors (Lipinski definition) is 4. The number of carbonyl (C=O) groups excluding carboxylic acids is 1. The number of esters is 1. The van der Waals surface area contributed by atoms with E-state index in [1.54, 1.807) is 6.08 Å². The van der Waals surface area contributed by atoms with Crippen LogP contribution in [-0.2, 0) is 9.53 Å². The van der Waals surface area contributed by atoms with Crippen molar-refractivity contribution in [1.29, 1.82) is 5.26 Å². The molecule has 0 radical (unpaired) electrons. The first-order valence-corrected chi connectivity index (χ1v) is 5.17. The lowest BCUT2D eigenvalue weighted by Crippen LogP contribution is -2.26.